The number of ether oxygens (including phenoxy) is 1. The molecule has 1 aliphatic rings. The molecule has 1 saturated carbocycles. The number of nitrogens with two attached hydrogens (primary N) is 1. The first-order chi connectivity index (χ1) is 7.66. The van der Waals surface area contributed by atoms with Gasteiger partial charge in [0.2, 0.25) is 0 Å². The highest BCUT2D eigenvalue weighted by Crippen LogP contribution is 2.34. The second-order valence-electron chi connectivity index (χ2n) is 5.54. The van der Waals surface area contributed by atoms with E-state index in [4.69, 9.17) is 10.5 Å². The summed E-state index contributed by atoms with van der Waals surface area (Å²) >= 11 is 0. The smallest absolute Gasteiger partial charge is 0.0477 e. The molecule has 1 unspecified atom stereocenters. The number of rotatable bonds is 7. The molecule has 3 heteroatoms. The summed E-state index contributed by atoms with van der Waals surface area (Å²) in [6.45, 7) is 5.20. The first-order valence-corrected chi connectivity index (χ1v) is 6.61. The van der Waals surface area contributed by atoms with Crippen molar-refractivity contribution in [1.82, 2.24) is 5.32 Å². The van der Waals surface area contributed by atoms with E-state index >= 15 is 0 Å². The summed E-state index contributed by atoms with van der Waals surface area (Å²) in [7, 11) is 1.73. The minimum absolute atomic E-state index is 0.229. The molecular formula is C13H28N2O. The van der Waals surface area contributed by atoms with Crippen LogP contribution in [0.1, 0.15) is 45.4 Å². The summed E-state index contributed by atoms with van der Waals surface area (Å²) in [4.78, 5) is 0. The molecule has 3 N–H and O–H groups in total. The Labute approximate surface area is 100 Å². The van der Waals surface area contributed by atoms with Crippen molar-refractivity contribution in [2.24, 2.45) is 11.1 Å². The molecular weight excluding hydrogens is 200 g/mol. The third-order valence-electron chi connectivity index (χ3n) is 3.71. The molecule has 0 aromatic heterocycles. The SMILES string of the molecule is COCCC(N)CNCC1(C)CCCCC1. The fourth-order valence-electron chi connectivity index (χ4n) is 2.51. The van der Waals surface area contributed by atoms with E-state index in [1.807, 2.05) is 0 Å². The standard InChI is InChI=1S/C13H28N2O/c1-13(7-4-3-5-8-13)11-15-10-12(14)6-9-16-2/h12,15H,3-11,14H2,1-2H3. The second kappa shape index (κ2) is 7.25. The number of nitrogens with one attached hydrogen (secondary N) is 1. The molecule has 1 atom stereocenters. The highest BCUT2D eigenvalue weighted by molar-refractivity contribution is 4.81. The normalized spacial score (nSPS) is 21.9. The largest absolute Gasteiger partial charge is 0.385 e. The maximum atomic E-state index is 5.98. The van der Waals surface area contributed by atoms with Crippen molar-refractivity contribution in [1.29, 1.82) is 0 Å². The molecule has 0 spiro atoms. The van der Waals surface area contributed by atoms with Crippen LogP contribution in [0.5, 0.6) is 0 Å². The average Bonchev–Trinajstić information content (AvgIpc) is 2.27. The zero-order valence-corrected chi connectivity index (χ0v) is 10.9. The van der Waals surface area contributed by atoms with E-state index in [1.165, 1.54) is 32.1 Å². The average molecular weight is 228 g/mol. The van der Waals surface area contributed by atoms with Gasteiger partial charge in [-0.25, -0.2) is 0 Å². The van der Waals surface area contributed by atoms with Gasteiger partial charge in [-0.2, -0.15) is 0 Å². The molecule has 0 radical (unpaired) electrons. The van der Waals surface area contributed by atoms with E-state index in [9.17, 15) is 0 Å². The molecule has 1 aliphatic carbocycles. The van der Waals surface area contributed by atoms with Gasteiger partial charge in [-0.05, 0) is 24.7 Å². The molecule has 0 aromatic carbocycles. The van der Waals surface area contributed by atoms with Crippen LogP contribution in [0.15, 0.2) is 0 Å². The van der Waals surface area contributed by atoms with Gasteiger partial charge in [0.15, 0.2) is 0 Å². The molecule has 3 nitrogen and oxygen atoms in total. The van der Waals surface area contributed by atoms with Gasteiger partial charge in [0.05, 0.1) is 0 Å². The first kappa shape index (κ1) is 13.9. The maximum Gasteiger partial charge on any atom is 0.0477 e. The van der Waals surface area contributed by atoms with Crippen molar-refractivity contribution in [3.8, 4) is 0 Å². The molecule has 0 aliphatic heterocycles. The highest BCUT2D eigenvalue weighted by Gasteiger charge is 2.26. The summed E-state index contributed by atoms with van der Waals surface area (Å²) in [5.41, 5.74) is 6.49. The molecule has 0 heterocycles. The third-order valence-corrected chi connectivity index (χ3v) is 3.71. The van der Waals surface area contributed by atoms with Crippen LogP contribution >= 0.6 is 0 Å². The summed E-state index contributed by atoms with van der Waals surface area (Å²) in [6.07, 6.45) is 7.89. The van der Waals surface area contributed by atoms with Crippen molar-refractivity contribution in [3.63, 3.8) is 0 Å². The Bertz CT molecular complexity index is 179. The zero-order chi connectivity index (χ0) is 11.9. The Morgan fingerprint density at radius 3 is 2.62 bits per heavy atom. The van der Waals surface area contributed by atoms with E-state index in [2.05, 4.69) is 12.2 Å². The molecule has 0 saturated heterocycles. The van der Waals surface area contributed by atoms with Gasteiger partial charge < -0.3 is 15.8 Å². The van der Waals surface area contributed by atoms with Crippen LogP contribution < -0.4 is 11.1 Å². The molecule has 1 rings (SSSR count). The molecule has 1 fully saturated rings. The van der Waals surface area contributed by atoms with Crippen LogP contribution in [0.4, 0.5) is 0 Å². The molecule has 0 bridgehead atoms. The number of methoxy groups -OCH3 is 1. The molecule has 0 amide bonds. The Morgan fingerprint density at radius 1 is 1.31 bits per heavy atom. The Balaban J connectivity index is 2.09. The third kappa shape index (κ3) is 5.28. The maximum absolute atomic E-state index is 5.98. The van der Waals surface area contributed by atoms with Gasteiger partial charge in [-0.15, -0.1) is 0 Å². The van der Waals surface area contributed by atoms with Gasteiger partial charge in [0.1, 0.15) is 0 Å². The summed E-state index contributed by atoms with van der Waals surface area (Å²) in [6, 6.07) is 0.229. The minimum Gasteiger partial charge on any atom is -0.385 e. The van der Waals surface area contributed by atoms with E-state index in [-0.39, 0.29) is 6.04 Å². The summed E-state index contributed by atoms with van der Waals surface area (Å²) in [5, 5.41) is 3.52. The summed E-state index contributed by atoms with van der Waals surface area (Å²) in [5.74, 6) is 0. The highest BCUT2D eigenvalue weighted by atomic mass is 16.5. The van der Waals surface area contributed by atoms with E-state index in [0.29, 0.717) is 5.41 Å². The van der Waals surface area contributed by atoms with E-state index in [1.54, 1.807) is 7.11 Å². The predicted octanol–water partition coefficient (Wildman–Crippen LogP) is 1.91. The van der Waals surface area contributed by atoms with E-state index in [0.717, 1.165) is 26.1 Å². The van der Waals surface area contributed by atoms with Gasteiger partial charge >= 0.3 is 0 Å². The van der Waals surface area contributed by atoms with Crippen molar-refractivity contribution < 1.29 is 4.74 Å². The van der Waals surface area contributed by atoms with Gasteiger partial charge in [0, 0.05) is 32.8 Å². The number of hydrogen-bond acceptors (Lipinski definition) is 3. The van der Waals surface area contributed by atoms with Crippen LogP contribution in [0.2, 0.25) is 0 Å². The van der Waals surface area contributed by atoms with Crippen LogP contribution in [0, 0.1) is 5.41 Å². The zero-order valence-electron chi connectivity index (χ0n) is 10.9. The number of hydrogen-bond donors (Lipinski definition) is 2. The minimum atomic E-state index is 0.229. The lowest BCUT2D eigenvalue weighted by molar-refractivity contribution is 0.182. The van der Waals surface area contributed by atoms with Crippen molar-refractivity contribution in [2.45, 2.75) is 51.5 Å². The fourth-order valence-corrected chi connectivity index (χ4v) is 2.51. The quantitative estimate of drug-likeness (QED) is 0.700. The van der Waals surface area contributed by atoms with Gasteiger partial charge in [-0.3, -0.25) is 0 Å². The van der Waals surface area contributed by atoms with Crippen LogP contribution in [-0.2, 0) is 4.74 Å². The van der Waals surface area contributed by atoms with Crippen LogP contribution in [0.25, 0.3) is 0 Å². The first-order valence-electron chi connectivity index (χ1n) is 6.61. The van der Waals surface area contributed by atoms with Gasteiger partial charge in [0.25, 0.3) is 0 Å². The second-order valence-corrected chi connectivity index (χ2v) is 5.54. The van der Waals surface area contributed by atoms with Crippen molar-refractivity contribution in [2.75, 3.05) is 26.8 Å². The lowest BCUT2D eigenvalue weighted by atomic mass is 9.76. The van der Waals surface area contributed by atoms with Crippen molar-refractivity contribution >= 4 is 0 Å². The Kier molecular flexibility index (Phi) is 6.32. The fraction of sp³-hybridized carbons (Fsp3) is 1.00. The molecule has 96 valence electrons. The van der Waals surface area contributed by atoms with E-state index < -0.39 is 0 Å². The summed E-state index contributed by atoms with van der Waals surface area (Å²) < 4.78 is 5.02. The molecule has 16 heavy (non-hydrogen) atoms. The monoisotopic (exact) mass is 228 g/mol. The lowest BCUT2D eigenvalue weighted by Gasteiger charge is -2.34. The molecule has 0 aromatic rings. The predicted molar refractivity (Wildman–Crippen MR) is 68.5 cm³/mol. The lowest BCUT2D eigenvalue weighted by Crippen LogP contribution is -2.40. The van der Waals surface area contributed by atoms with Crippen LogP contribution in [0.3, 0.4) is 0 Å². The Morgan fingerprint density at radius 2 is 2.00 bits per heavy atom. The van der Waals surface area contributed by atoms with Crippen molar-refractivity contribution in [3.05, 3.63) is 0 Å². The van der Waals surface area contributed by atoms with Crippen LogP contribution in [-0.4, -0.2) is 32.8 Å². The Hall–Kier alpha value is -0.120. The topological polar surface area (TPSA) is 47.3 Å². The van der Waals surface area contributed by atoms with Gasteiger partial charge in [-0.1, -0.05) is 26.2 Å².